The van der Waals surface area contributed by atoms with Crippen molar-refractivity contribution in [3.8, 4) is 5.75 Å². The molecule has 1 fully saturated rings. The molecule has 0 bridgehead atoms. The molecular formula is C25H27ClN2O6. The van der Waals surface area contributed by atoms with Crippen molar-refractivity contribution < 1.29 is 28.6 Å². The molecule has 1 saturated heterocycles. The highest BCUT2D eigenvalue weighted by Gasteiger charge is 2.60. The molecule has 2 aromatic carbocycles. The van der Waals surface area contributed by atoms with Gasteiger partial charge in [-0.25, -0.2) is 4.79 Å². The predicted molar refractivity (Wildman–Crippen MR) is 126 cm³/mol. The number of nitrogens with one attached hydrogen (secondary N) is 2. The summed E-state index contributed by atoms with van der Waals surface area (Å²) in [5.41, 5.74) is 0.789. The monoisotopic (exact) mass is 486 g/mol. The van der Waals surface area contributed by atoms with E-state index in [1.165, 1.54) is 7.11 Å². The molecule has 0 aliphatic carbocycles. The second-order valence-corrected chi connectivity index (χ2v) is 9.14. The van der Waals surface area contributed by atoms with Crippen LogP contribution in [0.25, 0.3) is 0 Å². The van der Waals surface area contributed by atoms with E-state index in [1.807, 2.05) is 6.92 Å². The standard InChI is InChI=1S/C25H27ClN2O6/c1-5-33-23(30)20-17-12-34-19-9-7-14(26)11-16(19)21(17)28-25(20,3)24(31)27-18-10-13(2)6-8-15(18)22(29)32-4/h6-11,17,20-21,28H,5,12H2,1-4H3,(H,27,31)/t17-,20+,21?,25+/m1/s1. The maximum Gasteiger partial charge on any atom is 0.339 e. The lowest BCUT2D eigenvalue weighted by atomic mass is 9.77. The Hall–Kier alpha value is -3.10. The number of anilines is 1. The Balaban J connectivity index is 1.73. The van der Waals surface area contributed by atoms with Crippen molar-refractivity contribution in [1.82, 2.24) is 5.32 Å². The second-order valence-electron chi connectivity index (χ2n) is 8.71. The van der Waals surface area contributed by atoms with Gasteiger partial charge in [0.15, 0.2) is 0 Å². The van der Waals surface area contributed by atoms with Crippen LogP contribution in [0.4, 0.5) is 5.69 Å². The predicted octanol–water partition coefficient (Wildman–Crippen LogP) is 3.66. The van der Waals surface area contributed by atoms with E-state index in [2.05, 4.69) is 10.6 Å². The van der Waals surface area contributed by atoms with Gasteiger partial charge in [0.05, 0.1) is 37.5 Å². The zero-order valence-corrected chi connectivity index (χ0v) is 20.2. The number of carbonyl (C=O) groups excluding carboxylic acids is 3. The van der Waals surface area contributed by atoms with E-state index in [0.717, 1.165) is 11.1 Å². The Morgan fingerprint density at radius 3 is 2.71 bits per heavy atom. The number of hydrogen-bond acceptors (Lipinski definition) is 7. The molecule has 4 rings (SSSR count). The van der Waals surface area contributed by atoms with Crippen LogP contribution in [0.15, 0.2) is 36.4 Å². The van der Waals surface area contributed by atoms with Gasteiger partial charge in [-0.3, -0.25) is 14.9 Å². The lowest BCUT2D eigenvalue weighted by Gasteiger charge is -2.31. The van der Waals surface area contributed by atoms with Gasteiger partial charge in [-0.1, -0.05) is 17.7 Å². The molecule has 0 aromatic heterocycles. The molecular weight excluding hydrogens is 460 g/mol. The average molecular weight is 487 g/mol. The molecule has 180 valence electrons. The SMILES string of the molecule is CCOC(=O)[C@@H]1[C@H]2COc3ccc(Cl)cc3C2N[C@]1(C)C(=O)Nc1cc(C)ccc1C(=O)OC. The van der Waals surface area contributed by atoms with Crippen LogP contribution >= 0.6 is 11.6 Å². The minimum Gasteiger partial charge on any atom is -0.493 e. The molecule has 0 radical (unpaired) electrons. The Morgan fingerprint density at radius 1 is 1.24 bits per heavy atom. The van der Waals surface area contributed by atoms with Gasteiger partial charge in [0.25, 0.3) is 0 Å². The van der Waals surface area contributed by atoms with Crippen molar-refractivity contribution >= 4 is 35.1 Å². The van der Waals surface area contributed by atoms with Gasteiger partial charge in [-0.05, 0) is 56.7 Å². The Bertz CT molecular complexity index is 1150. The number of carbonyl (C=O) groups is 3. The van der Waals surface area contributed by atoms with E-state index >= 15 is 0 Å². The maximum absolute atomic E-state index is 13.8. The molecule has 0 saturated carbocycles. The Morgan fingerprint density at radius 2 is 2.00 bits per heavy atom. The first-order valence-corrected chi connectivity index (χ1v) is 11.4. The van der Waals surface area contributed by atoms with Gasteiger partial charge in [-0.15, -0.1) is 0 Å². The van der Waals surface area contributed by atoms with Gasteiger partial charge in [0.2, 0.25) is 5.91 Å². The molecule has 2 heterocycles. The number of fused-ring (bicyclic) bond motifs is 3. The summed E-state index contributed by atoms with van der Waals surface area (Å²) in [5.74, 6) is -2.09. The molecule has 0 spiro atoms. The molecule has 2 aromatic rings. The largest absolute Gasteiger partial charge is 0.493 e. The molecule has 34 heavy (non-hydrogen) atoms. The van der Waals surface area contributed by atoms with Crippen molar-refractivity contribution in [3.63, 3.8) is 0 Å². The van der Waals surface area contributed by atoms with Crippen molar-refractivity contribution in [1.29, 1.82) is 0 Å². The minimum atomic E-state index is -1.36. The van der Waals surface area contributed by atoms with Crippen LogP contribution < -0.4 is 15.4 Å². The average Bonchev–Trinajstić information content (AvgIpc) is 3.12. The number of ether oxygens (including phenoxy) is 3. The quantitative estimate of drug-likeness (QED) is 0.621. The summed E-state index contributed by atoms with van der Waals surface area (Å²) < 4.78 is 16.1. The molecule has 4 atom stereocenters. The zero-order valence-electron chi connectivity index (χ0n) is 19.4. The molecule has 1 amide bonds. The highest BCUT2D eigenvalue weighted by Crippen LogP contribution is 2.49. The summed E-state index contributed by atoms with van der Waals surface area (Å²) in [6, 6.07) is 9.97. The summed E-state index contributed by atoms with van der Waals surface area (Å²) in [7, 11) is 1.28. The van der Waals surface area contributed by atoms with Crippen LogP contribution in [-0.4, -0.2) is 43.7 Å². The number of esters is 2. The van der Waals surface area contributed by atoms with E-state index in [1.54, 1.807) is 50.2 Å². The van der Waals surface area contributed by atoms with Crippen LogP contribution in [0.3, 0.4) is 0 Å². The van der Waals surface area contributed by atoms with E-state index in [0.29, 0.717) is 16.5 Å². The third-order valence-corrected chi connectivity index (χ3v) is 6.75. The van der Waals surface area contributed by atoms with Gasteiger partial charge in [0, 0.05) is 22.5 Å². The van der Waals surface area contributed by atoms with Crippen molar-refractivity contribution in [3.05, 3.63) is 58.1 Å². The summed E-state index contributed by atoms with van der Waals surface area (Å²) >= 11 is 6.23. The van der Waals surface area contributed by atoms with Crippen LogP contribution in [0.5, 0.6) is 5.75 Å². The van der Waals surface area contributed by atoms with Gasteiger partial charge < -0.3 is 19.5 Å². The summed E-state index contributed by atoms with van der Waals surface area (Å²) in [6.45, 7) is 5.64. The lowest BCUT2D eigenvalue weighted by Crippen LogP contribution is -2.55. The smallest absolute Gasteiger partial charge is 0.339 e. The van der Waals surface area contributed by atoms with Crippen molar-refractivity contribution in [2.75, 3.05) is 25.6 Å². The summed E-state index contributed by atoms with van der Waals surface area (Å²) in [5, 5.41) is 6.74. The summed E-state index contributed by atoms with van der Waals surface area (Å²) in [6.07, 6.45) is 0. The topological polar surface area (TPSA) is 103 Å². The zero-order chi connectivity index (χ0) is 24.6. The number of halogens is 1. The molecule has 8 nitrogen and oxygen atoms in total. The Labute approximate surface area is 202 Å². The highest BCUT2D eigenvalue weighted by atomic mass is 35.5. The Kier molecular flexibility index (Phi) is 6.55. The number of rotatable bonds is 5. The number of aryl methyl sites for hydroxylation is 1. The van der Waals surface area contributed by atoms with E-state index in [-0.39, 0.29) is 30.7 Å². The molecule has 2 N–H and O–H groups in total. The van der Waals surface area contributed by atoms with Gasteiger partial charge in [-0.2, -0.15) is 0 Å². The first-order valence-electron chi connectivity index (χ1n) is 11.1. The number of benzene rings is 2. The second kappa shape index (κ2) is 9.27. The van der Waals surface area contributed by atoms with Gasteiger partial charge >= 0.3 is 11.9 Å². The first kappa shape index (κ1) is 24.0. The van der Waals surface area contributed by atoms with Crippen LogP contribution in [-0.2, 0) is 19.1 Å². The third-order valence-electron chi connectivity index (χ3n) is 6.51. The van der Waals surface area contributed by atoms with Crippen molar-refractivity contribution in [2.24, 2.45) is 11.8 Å². The third kappa shape index (κ3) is 4.12. The molecule has 2 aliphatic rings. The first-order chi connectivity index (χ1) is 16.2. The fourth-order valence-corrected chi connectivity index (χ4v) is 5.05. The van der Waals surface area contributed by atoms with Crippen LogP contribution in [0.2, 0.25) is 5.02 Å². The minimum absolute atomic E-state index is 0.179. The fourth-order valence-electron chi connectivity index (χ4n) is 4.87. The van der Waals surface area contributed by atoms with Gasteiger partial charge in [0.1, 0.15) is 11.3 Å². The fraction of sp³-hybridized carbons (Fsp3) is 0.400. The normalized spacial score (nSPS) is 24.9. The van der Waals surface area contributed by atoms with Crippen LogP contribution in [0, 0.1) is 18.8 Å². The van der Waals surface area contributed by atoms with Crippen LogP contribution in [0.1, 0.15) is 41.4 Å². The van der Waals surface area contributed by atoms with Crippen molar-refractivity contribution in [2.45, 2.75) is 32.4 Å². The lowest BCUT2D eigenvalue weighted by molar-refractivity contribution is -0.154. The van der Waals surface area contributed by atoms with E-state index in [9.17, 15) is 14.4 Å². The maximum atomic E-state index is 13.8. The van der Waals surface area contributed by atoms with E-state index in [4.69, 9.17) is 25.8 Å². The highest BCUT2D eigenvalue weighted by molar-refractivity contribution is 6.30. The summed E-state index contributed by atoms with van der Waals surface area (Å²) in [4.78, 5) is 39.1. The number of hydrogen-bond donors (Lipinski definition) is 2. The molecule has 2 aliphatic heterocycles. The van der Waals surface area contributed by atoms with E-state index < -0.39 is 29.3 Å². The molecule has 9 heteroatoms. The molecule has 1 unspecified atom stereocenters. The number of amides is 1. The number of methoxy groups -OCH3 is 1.